The number of fused-ring (bicyclic) bond motifs is 3. The van der Waals surface area contributed by atoms with Gasteiger partial charge in [-0.05, 0) is 35.7 Å². The highest BCUT2D eigenvalue weighted by molar-refractivity contribution is 7.18. The zero-order valence-electron chi connectivity index (χ0n) is 17.4. The van der Waals surface area contributed by atoms with Gasteiger partial charge < -0.3 is 15.5 Å². The van der Waals surface area contributed by atoms with E-state index in [9.17, 15) is 4.79 Å². The molecule has 0 saturated heterocycles. The molecule has 1 aliphatic rings. The number of likely N-dealkylation sites (N-methyl/N-ethyl adjacent to an activating group) is 1. The van der Waals surface area contributed by atoms with Crippen LogP contribution in [0.1, 0.15) is 23.2 Å². The fourth-order valence-electron chi connectivity index (χ4n) is 4.16. The van der Waals surface area contributed by atoms with Crippen molar-refractivity contribution in [2.75, 3.05) is 18.9 Å². The van der Waals surface area contributed by atoms with Crippen molar-refractivity contribution in [1.82, 2.24) is 9.66 Å². The van der Waals surface area contributed by atoms with Crippen molar-refractivity contribution in [3.8, 4) is 16.9 Å². The number of aromatic nitrogens is 2. The fourth-order valence-corrected chi connectivity index (χ4v) is 5.46. The Morgan fingerprint density at radius 1 is 1.13 bits per heavy atom. The number of hydrogen-bond acceptors (Lipinski definition) is 5. The predicted molar refractivity (Wildman–Crippen MR) is 124 cm³/mol. The van der Waals surface area contributed by atoms with Crippen LogP contribution in [0, 0.1) is 0 Å². The molecule has 2 aromatic heterocycles. The van der Waals surface area contributed by atoms with Gasteiger partial charge in [-0.3, -0.25) is 4.79 Å². The van der Waals surface area contributed by atoms with Gasteiger partial charge in [-0.1, -0.05) is 42.5 Å². The van der Waals surface area contributed by atoms with Crippen LogP contribution in [0.5, 0.6) is 5.75 Å². The summed E-state index contributed by atoms with van der Waals surface area (Å²) in [6, 6.07) is 18.1. The summed E-state index contributed by atoms with van der Waals surface area (Å²) < 4.78 is 7.05. The first-order chi connectivity index (χ1) is 15.1. The van der Waals surface area contributed by atoms with Gasteiger partial charge in [-0.15, -0.1) is 11.3 Å². The minimum absolute atomic E-state index is 0.140. The molecule has 1 unspecified atom stereocenters. The Balaban J connectivity index is 1.38. The van der Waals surface area contributed by atoms with Crippen molar-refractivity contribution in [1.29, 1.82) is 0 Å². The number of nitrogen functional groups attached to an aromatic ring is 1. The van der Waals surface area contributed by atoms with Gasteiger partial charge in [0.25, 0.3) is 5.56 Å². The molecule has 1 aliphatic heterocycles. The molecular weight excluding hydrogens is 408 g/mol. The Morgan fingerprint density at radius 3 is 2.61 bits per heavy atom. The largest absolute Gasteiger partial charge is 0.486 e. The summed E-state index contributed by atoms with van der Waals surface area (Å²) in [6.45, 7) is 5.42. The van der Waals surface area contributed by atoms with Crippen molar-refractivity contribution < 1.29 is 9.64 Å². The molecule has 0 aliphatic carbocycles. The van der Waals surface area contributed by atoms with Crippen molar-refractivity contribution in [2.45, 2.75) is 26.5 Å². The van der Waals surface area contributed by atoms with Gasteiger partial charge in [0.05, 0.1) is 23.4 Å². The number of nitrogens with two attached hydrogens (primary N) is 1. The molecule has 3 heterocycles. The van der Waals surface area contributed by atoms with Gasteiger partial charge >= 0.3 is 0 Å². The lowest BCUT2D eigenvalue weighted by atomic mass is 10.1. The Labute approximate surface area is 184 Å². The van der Waals surface area contributed by atoms with Crippen molar-refractivity contribution in [2.24, 2.45) is 0 Å². The molecule has 0 radical (unpaired) electrons. The first-order valence-corrected chi connectivity index (χ1v) is 11.4. The number of benzene rings is 2. The van der Waals surface area contributed by atoms with Gasteiger partial charge in [0.1, 0.15) is 23.7 Å². The van der Waals surface area contributed by atoms with Crippen LogP contribution < -0.4 is 21.0 Å². The maximum absolute atomic E-state index is 13.0. The quantitative estimate of drug-likeness (QED) is 0.474. The van der Waals surface area contributed by atoms with E-state index in [2.05, 4.69) is 19.1 Å². The molecule has 0 bridgehead atoms. The zero-order chi connectivity index (χ0) is 21.4. The SMILES string of the molecule is CC[NH+]1CCc2c(sc3nc(COc4ccc(-c5ccccc5)cc4)n(N)c(=O)c23)C1. The molecule has 5 rings (SSSR count). The molecule has 0 fully saturated rings. The maximum Gasteiger partial charge on any atom is 0.281 e. The molecule has 158 valence electrons. The summed E-state index contributed by atoms with van der Waals surface area (Å²) in [5.74, 6) is 7.26. The first-order valence-electron chi connectivity index (χ1n) is 10.6. The zero-order valence-corrected chi connectivity index (χ0v) is 18.2. The molecule has 0 saturated carbocycles. The van der Waals surface area contributed by atoms with Crippen LogP contribution in [-0.4, -0.2) is 22.7 Å². The van der Waals surface area contributed by atoms with E-state index in [4.69, 9.17) is 15.6 Å². The highest BCUT2D eigenvalue weighted by atomic mass is 32.1. The van der Waals surface area contributed by atoms with Crippen molar-refractivity contribution in [3.63, 3.8) is 0 Å². The second-order valence-corrected chi connectivity index (χ2v) is 8.93. The summed E-state index contributed by atoms with van der Waals surface area (Å²) in [6.07, 6.45) is 0.902. The van der Waals surface area contributed by atoms with Crippen LogP contribution in [0.2, 0.25) is 0 Å². The lowest BCUT2D eigenvalue weighted by Gasteiger charge is -2.22. The van der Waals surface area contributed by atoms with E-state index in [0.29, 0.717) is 17.0 Å². The van der Waals surface area contributed by atoms with E-state index >= 15 is 0 Å². The van der Waals surface area contributed by atoms with E-state index in [1.54, 1.807) is 11.3 Å². The fraction of sp³-hybridized carbons (Fsp3) is 0.250. The standard InChI is InChI=1S/C24H24N4O2S/c1-2-27-13-12-19-20(14-27)31-23-22(19)24(29)28(25)21(26-23)15-30-18-10-8-17(9-11-18)16-6-4-3-5-7-16/h3-11H,2,12-15,25H2,1H3/p+1. The smallest absolute Gasteiger partial charge is 0.281 e. The maximum atomic E-state index is 13.0. The molecule has 0 amide bonds. The summed E-state index contributed by atoms with van der Waals surface area (Å²) >= 11 is 1.62. The van der Waals surface area contributed by atoms with Crippen molar-refractivity contribution in [3.05, 3.63) is 81.2 Å². The first kappa shape index (κ1) is 19.8. The number of nitrogens with one attached hydrogen (secondary N) is 1. The monoisotopic (exact) mass is 433 g/mol. The number of ether oxygens (including phenoxy) is 1. The Morgan fingerprint density at radius 2 is 1.87 bits per heavy atom. The summed E-state index contributed by atoms with van der Waals surface area (Å²) in [5.41, 5.74) is 3.23. The normalized spacial score (nSPS) is 15.7. The predicted octanol–water partition coefficient (Wildman–Crippen LogP) is 2.38. The number of nitrogens with zero attached hydrogens (tertiary/aromatic N) is 2. The molecule has 6 nitrogen and oxygen atoms in total. The summed E-state index contributed by atoms with van der Waals surface area (Å²) in [4.78, 5) is 21.3. The van der Waals surface area contributed by atoms with Crippen LogP contribution in [-0.2, 0) is 19.6 Å². The van der Waals surface area contributed by atoms with Crippen LogP contribution in [0.3, 0.4) is 0 Å². The average molecular weight is 434 g/mol. The van der Waals surface area contributed by atoms with Crippen LogP contribution in [0.25, 0.3) is 21.3 Å². The van der Waals surface area contributed by atoms with Gasteiger partial charge in [0, 0.05) is 6.42 Å². The van der Waals surface area contributed by atoms with E-state index in [1.165, 1.54) is 9.78 Å². The topological polar surface area (TPSA) is 74.6 Å². The highest BCUT2D eigenvalue weighted by Crippen LogP contribution is 2.29. The van der Waals surface area contributed by atoms with E-state index in [0.717, 1.165) is 52.3 Å². The number of quaternary nitrogens is 1. The number of hydrogen-bond donors (Lipinski definition) is 2. The molecule has 4 aromatic rings. The van der Waals surface area contributed by atoms with Crippen LogP contribution in [0.15, 0.2) is 59.4 Å². The Kier molecular flexibility index (Phi) is 5.21. The summed E-state index contributed by atoms with van der Waals surface area (Å²) in [7, 11) is 0. The molecular formula is C24H25N4O2S+. The van der Waals surface area contributed by atoms with Crippen molar-refractivity contribution >= 4 is 21.6 Å². The van der Waals surface area contributed by atoms with Gasteiger partial charge in [-0.2, -0.15) is 0 Å². The summed E-state index contributed by atoms with van der Waals surface area (Å²) in [5, 5.41) is 0.689. The molecule has 7 heteroatoms. The average Bonchev–Trinajstić information content (AvgIpc) is 3.19. The molecule has 3 N–H and O–H groups in total. The lowest BCUT2D eigenvalue weighted by Crippen LogP contribution is -3.11. The number of thiophene rings is 1. The lowest BCUT2D eigenvalue weighted by molar-refractivity contribution is -0.913. The van der Waals surface area contributed by atoms with Crippen LogP contribution in [0.4, 0.5) is 0 Å². The third-order valence-corrected chi connectivity index (χ3v) is 7.11. The number of rotatable bonds is 5. The third kappa shape index (κ3) is 3.71. The Bertz CT molecular complexity index is 1280. The second-order valence-electron chi connectivity index (χ2n) is 7.85. The third-order valence-electron chi connectivity index (χ3n) is 5.98. The minimum Gasteiger partial charge on any atom is -0.486 e. The molecule has 2 aromatic carbocycles. The molecule has 0 spiro atoms. The minimum atomic E-state index is -0.180. The highest BCUT2D eigenvalue weighted by Gasteiger charge is 2.26. The second kappa shape index (κ2) is 8.17. The van der Waals surface area contributed by atoms with Crippen LogP contribution >= 0.6 is 11.3 Å². The van der Waals surface area contributed by atoms with E-state index < -0.39 is 0 Å². The van der Waals surface area contributed by atoms with E-state index in [1.807, 2.05) is 42.5 Å². The van der Waals surface area contributed by atoms with Gasteiger partial charge in [0.2, 0.25) is 0 Å². The molecule has 1 atom stereocenters. The van der Waals surface area contributed by atoms with Gasteiger partial charge in [-0.25, -0.2) is 9.66 Å². The van der Waals surface area contributed by atoms with Gasteiger partial charge in [0.15, 0.2) is 5.82 Å². The van der Waals surface area contributed by atoms with E-state index in [-0.39, 0.29) is 12.2 Å². The Hall–Kier alpha value is -3.16. The molecule has 31 heavy (non-hydrogen) atoms.